The third-order valence-electron chi connectivity index (χ3n) is 5.53. The number of nitrogens with zero attached hydrogens (tertiary/aromatic N) is 4. The van der Waals surface area contributed by atoms with Crippen LogP contribution in [0, 0.1) is 5.92 Å². The molecule has 2 heterocycles. The molecule has 0 radical (unpaired) electrons. The molecule has 6 N–H and O–H groups in total. The van der Waals surface area contributed by atoms with E-state index < -0.39 is 0 Å². The molecule has 1 aliphatic heterocycles. The number of nitrogens with one attached hydrogen (secondary N) is 3. The van der Waals surface area contributed by atoms with Gasteiger partial charge < -0.3 is 26.0 Å². The number of halogens is 1. The maximum absolute atomic E-state index is 10.3. The number of rotatable bonds is 9. The molecule has 182 valence electrons. The molecule has 1 atom stereocenters. The first-order valence-electron chi connectivity index (χ1n) is 11.1. The van der Waals surface area contributed by atoms with E-state index >= 15 is 0 Å². The van der Waals surface area contributed by atoms with E-state index in [1.165, 1.54) is 6.07 Å². The van der Waals surface area contributed by atoms with Crippen molar-refractivity contribution in [2.75, 3.05) is 27.3 Å². The second-order valence-corrected chi connectivity index (χ2v) is 9.44. The summed E-state index contributed by atoms with van der Waals surface area (Å²) in [6.07, 6.45) is 0. The number of aromatic nitrogens is 2. The lowest BCUT2D eigenvalue weighted by Crippen LogP contribution is -2.50. The van der Waals surface area contributed by atoms with Crippen LogP contribution in [0.1, 0.15) is 47.1 Å². The summed E-state index contributed by atoms with van der Waals surface area (Å²) in [5.41, 5.74) is 4.62. The number of anilines is 4. The average Bonchev–Trinajstić information content (AvgIpc) is 3.15. The van der Waals surface area contributed by atoms with E-state index in [9.17, 15) is 15.3 Å². The van der Waals surface area contributed by atoms with E-state index in [0.29, 0.717) is 23.1 Å². The van der Waals surface area contributed by atoms with Crippen LogP contribution < -0.4 is 26.2 Å². The molecule has 0 fully saturated rings. The van der Waals surface area contributed by atoms with Crippen LogP contribution in [-0.4, -0.2) is 50.0 Å². The average molecular weight is 480 g/mol. The van der Waals surface area contributed by atoms with Crippen LogP contribution in [0.3, 0.4) is 0 Å². The topological polar surface area (TPSA) is 129 Å². The number of fused-ring (bicyclic) bond motifs is 1. The van der Waals surface area contributed by atoms with Crippen LogP contribution in [0.5, 0.6) is 11.5 Å². The molecule has 2 aromatic rings. The lowest BCUT2D eigenvalue weighted by molar-refractivity contribution is 0.248. The molecule has 1 aromatic carbocycles. The van der Waals surface area contributed by atoms with Crippen molar-refractivity contribution in [1.29, 1.82) is 0 Å². The van der Waals surface area contributed by atoms with Gasteiger partial charge in [-0.2, -0.15) is 9.97 Å². The highest BCUT2D eigenvalue weighted by molar-refractivity contribution is 6.32. The SMILES string of the molecule is CC(C)[C@H](CO)Nc1nc(NCc2ccc(Cl)c(O)c2O)c2c(n1)N(C(C)C)NN2C(C)C. The molecule has 0 saturated carbocycles. The van der Waals surface area contributed by atoms with E-state index in [1.54, 1.807) is 6.07 Å². The quantitative estimate of drug-likeness (QED) is 0.297. The Morgan fingerprint density at radius 2 is 1.67 bits per heavy atom. The van der Waals surface area contributed by atoms with E-state index in [4.69, 9.17) is 21.6 Å². The van der Waals surface area contributed by atoms with Crippen molar-refractivity contribution in [1.82, 2.24) is 15.5 Å². The first-order valence-corrected chi connectivity index (χ1v) is 11.5. The van der Waals surface area contributed by atoms with Crippen LogP contribution in [0.4, 0.5) is 23.3 Å². The Kier molecular flexibility index (Phi) is 7.61. The fraction of sp³-hybridized carbons (Fsp3) is 0.545. The Morgan fingerprint density at radius 3 is 2.24 bits per heavy atom. The fourth-order valence-corrected chi connectivity index (χ4v) is 3.63. The predicted octanol–water partition coefficient (Wildman–Crippen LogP) is 3.44. The molecular formula is C22H34ClN7O3. The van der Waals surface area contributed by atoms with Crippen molar-refractivity contribution >= 4 is 34.9 Å². The lowest BCUT2D eigenvalue weighted by Gasteiger charge is -2.27. The summed E-state index contributed by atoms with van der Waals surface area (Å²) >= 11 is 5.89. The Balaban J connectivity index is 2.04. The van der Waals surface area contributed by atoms with Gasteiger partial charge in [-0.25, -0.2) is 0 Å². The van der Waals surface area contributed by atoms with Crippen molar-refractivity contribution < 1.29 is 15.3 Å². The van der Waals surface area contributed by atoms with Gasteiger partial charge in [0.25, 0.3) is 0 Å². The highest BCUT2D eigenvalue weighted by Gasteiger charge is 2.35. The standard InChI is InChI=1S/C22H34ClN7O3/c1-11(2)16(10-31)25-22-26-20(24-9-14-7-8-15(23)19(33)18(14)32)17-21(27-22)30(13(5)6)28-29(17)12(3)4/h7-8,11-13,16,28,31-33H,9-10H2,1-6H3,(H2,24,25,26,27)/t16-/m0/s1. The van der Waals surface area contributed by atoms with Gasteiger partial charge in [0.1, 0.15) is 5.69 Å². The zero-order chi connectivity index (χ0) is 24.4. The molecular weight excluding hydrogens is 446 g/mol. The van der Waals surface area contributed by atoms with Gasteiger partial charge >= 0.3 is 0 Å². The molecule has 0 saturated heterocycles. The Bertz CT molecular complexity index is 987. The Labute approximate surface area is 199 Å². The molecule has 33 heavy (non-hydrogen) atoms. The maximum atomic E-state index is 10.3. The smallest absolute Gasteiger partial charge is 0.227 e. The number of hydrogen-bond acceptors (Lipinski definition) is 10. The minimum absolute atomic E-state index is 0.0525. The molecule has 11 heteroatoms. The monoisotopic (exact) mass is 479 g/mol. The Hall–Kier alpha value is -2.69. The van der Waals surface area contributed by atoms with Crippen LogP contribution in [0.2, 0.25) is 5.02 Å². The van der Waals surface area contributed by atoms with Crippen molar-refractivity contribution in [2.24, 2.45) is 5.92 Å². The van der Waals surface area contributed by atoms with Gasteiger partial charge in [0.15, 0.2) is 23.1 Å². The van der Waals surface area contributed by atoms with Gasteiger partial charge in [-0.1, -0.05) is 31.5 Å². The van der Waals surface area contributed by atoms with Crippen molar-refractivity contribution in [3.8, 4) is 11.5 Å². The third-order valence-corrected chi connectivity index (χ3v) is 5.84. The summed E-state index contributed by atoms with van der Waals surface area (Å²) in [6.45, 7) is 12.4. The molecule has 0 bridgehead atoms. The minimum Gasteiger partial charge on any atom is -0.504 e. The van der Waals surface area contributed by atoms with Crippen molar-refractivity contribution in [2.45, 2.75) is 66.2 Å². The third kappa shape index (κ3) is 5.13. The van der Waals surface area contributed by atoms with Gasteiger partial charge in [-0.05, 0) is 39.7 Å². The largest absolute Gasteiger partial charge is 0.504 e. The summed E-state index contributed by atoms with van der Waals surface area (Å²) in [5, 5.41) is 40.6. The molecule has 1 aromatic heterocycles. The molecule has 0 aliphatic carbocycles. The first kappa shape index (κ1) is 24.9. The maximum Gasteiger partial charge on any atom is 0.227 e. The number of hydrogen-bond donors (Lipinski definition) is 6. The van der Waals surface area contributed by atoms with Crippen LogP contribution in [-0.2, 0) is 6.54 Å². The summed E-state index contributed by atoms with van der Waals surface area (Å²) in [7, 11) is 0. The van der Waals surface area contributed by atoms with Crippen LogP contribution in [0.25, 0.3) is 0 Å². The highest BCUT2D eigenvalue weighted by atomic mass is 35.5. The van der Waals surface area contributed by atoms with Crippen molar-refractivity contribution in [3.63, 3.8) is 0 Å². The molecule has 1 aliphatic rings. The van der Waals surface area contributed by atoms with Gasteiger partial charge in [-0.15, -0.1) is 5.53 Å². The predicted molar refractivity (Wildman–Crippen MR) is 132 cm³/mol. The van der Waals surface area contributed by atoms with Gasteiger partial charge in [0.05, 0.1) is 17.7 Å². The molecule has 3 rings (SSSR count). The molecule has 0 spiro atoms. The number of aliphatic hydroxyl groups is 1. The first-order chi connectivity index (χ1) is 15.5. The van der Waals surface area contributed by atoms with E-state index in [0.717, 1.165) is 5.69 Å². The minimum atomic E-state index is -0.356. The second kappa shape index (κ2) is 10.1. The van der Waals surface area contributed by atoms with Crippen molar-refractivity contribution in [3.05, 3.63) is 22.7 Å². The molecule has 0 unspecified atom stereocenters. The number of phenols is 2. The number of hydrazine groups is 2. The summed E-state index contributed by atoms with van der Waals surface area (Å²) in [4.78, 5) is 9.46. The second-order valence-electron chi connectivity index (χ2n) is 9.03. The van der Waals surface area contributed by atoms with Gasteiger partial charge in [0, 0.05) is 24.2 Å². The zero-order valence-electron chi connectivity index (χ0n) is 19.9. The van der Waals surface area contributed by atoms with E-state index in [1.807, 2.05) is 23.9 Å². The molecule has 0 amide bonds. The fourth-order valence-electron chi connectivity index (χ4n) is 3.48. The lowest BCUT2D eigenvalue weighted by atomic mass is 10.1. The highest BCUT2D eigenvalue weighted by Crippen LogP contribution is 2.41. The van der Waals surface area contributed by atoms with E-state index in [2.05, 4.69) is 43.9 Å². The molecule has 10 nitrogen and oxygen atoms in total. The van der Waals surface area contributed by atoms with Crippen LogP contribution >= 0.6 is 11.6 Å². The van der Waals surface area contributed by atoms with Gasteiger partial charge in [0.2, 0.25) is 5.95 Å². The number of aromatic hydroxyl groups is 2. The summed E-state index contributed by atoms with van der Waals surface area (Å²) < 4.78 is 0. The summed E-state index contributed by atoms with van der Waals surface area (Å²) in [5.74, 6) is 1.16. The normalized spacial score (nSPS) is 14.4. The number of benzene rings is 1. The van der Waals surface area contributed by atoms with Gasteiger partial charge in [-0.3, -0.25) is 10.0 Å². The number of phenolic OH excluding ortho intramolecular Hbond substituents is 2. The summed E-state index contributed by atoms with van der Waals surface area (Å²) in [6, 6.07) is 3.17. The van der Waals surface area contributed by atoms with Crippen LogP contribution in [0.15, 0.2) is 12.1 Å². The Morgan fingerprint density at radius 1 is 1.00 bits per heavy atom. The van der Waals surface area contributed by atoms with E-state index in [-0.39, 0.29) is 53.7 Å². The zero-order valence-corrected chi connectivity index (χ0v) is 20.6. The number of aliphatic hydroxyl groups excluding tert-OH is 1.